The van der Waals surface area contributed by atoms with Crippen molar-refractivity contribution in [1.82, 2.24) is 10.6 Å². The lowest BCUT2D eigenvalue weighted by Gasteiger charge is -2.29. The Kier molecular flexibility index (Phi) is 9.74. The highest BCUT2D eigenvalue weighted by molar-refractivity contribution is 7.80. The molecule has 0 aromatic carbocycles. The first-order valence-electron chi connectivity index (χ1n) is 6.60. The molecule has 10 heteroatoms. The lowest BCUT2D eigenvalue weighted by atomic mass is 10.1. The fourth-order valence-corrected chi connectivity index (χ4v) is 1.61. The zero-order valence-corrected chi connectivity index (χ0v) is 13.3. The average molecular weight is 337 g/mol. The quantitative estimate of drug-likeness (QED) is 0.145. The number of thiol groups is 1. The summed E-state index contributed by atoms with van der Waals surface area (Å²) in [6.07, 6.45) is 0.0128. The standard InChI is InChI=1S/C12H23N3O6S/c1-12(6-22,5-21-7-14-4-10(17)18)15-9(16)3-2-8(13)11(19)20/h8,14,22H,2-7,13H2,1H3,(H,15,16)(H,17,18)(H,19,20). The molecule has 0 aliphatic heterocycles. The number of carboxylic acid groups (broad SMARTS) is 2. The Labute approximate surface area is 134 Å². The molecule has 6 N–H and O–H groups in total. The van der Waals surface area contributed by atoms with Gasteiger partial charge in [-0.05, 0) is 13.3 Å². The number of nitrogens with two attached hydrogens (primary N) is 1. The summed E-state index contributed by atoms with van der Waals surface area (Å²) in [7, 11) is 0. The van der Waals surface area contributed by atoms with E-state index in [1.165, 1.54) is 0 Å². The smallest absolute Gasteiger partial charge is 0.320 e. The van der Waals surface area contributed by atoms with Gasteiger partial charge in [0.05, 0.1) is 25.4 Å². The van der Waals surface area contributed by atoms with Crippen molar-refractivity contribution in [2.24, 2.45) is 5.73 Å². The minimum absolute atomic E-state index is 0.0197. The summed E-state index contributed by atoms with van der Waals surface area (Å²) in [5.41, 5.74) is 4.57. The van der Waals surface area contributed by atoms with E-state index in [1.807, 2.05) is 0 Å². The summed E-state index contributed by atoms with van der Waals surface area (Å²) in [6.45, 7) is 1.64. The monoisotopic (exact) mass is 337 g/mol. The van der Waals surface area contributed by atoms with Gasteiger partial charge in [0.1, 0.15) is 6.04 Å². The van der Waals surface area contributed by atoms with Crippen LogP contribution in [0.1, 0.15) is 19.8 Å². The van der Waals surface area contributed by atoms with E-state index in [9.17, 15) is 14.4 Å². The number of hydrogen-bond acceptors (Lipinski definition) is 7. The molecule has 0 aromatic rings. The molecule has 22 heavy (non-hydrogen) atoms. The molecule has 0 radical (unpaired) electrons. The molecule has 0 spiro atoms. The highest BCUT2D eigenvalue weighted by Gasteiger charge is 2.25. The minimum Gasteiger partial charge on any atom is -0.480 e. The predicted octanol–water partition coefficient (Wildman–Crippen LogP) is -1.37. The van der Waals surface area contributed by atoms with E-state index in [-0.39, 0.29) is 38.6 Å². The van der Waals surface area contributed by atoms with Crippen molar-refractivity contribution in [2.75, 3.05) is 25.6 Å². The summed E-state index contributed by atoms with van der Waals surface area (Å²) in [5.74, 6) is -2.21. The third-order valence-electron chi connectivity index (χ3n) is 2.69. The first kappa shape index (κ1) is 20.6. The van der Waals surface area contributed by atoms with Crippen molar-refractivity contribution in [3.63, 3.8) is 0 Å². The van der Waals surface area contributed by atoms with E-state index >= 15 is 0 Å². The second-order valence-electron chi connectivity index (χ2n) is 5.06. The van der Waals surface area contributed by atoms with Crippen LogP contribution in [-0.4, -0.2) is 65.3 Å². The Bertz CT molecular complexity index is 395. The molecule has 0 heterocycles. The van der Waals surface area contributed by atoms with Gasteiger partial charge in [-0.1, -0.05) is 0 Å². The van der Waals surface area contributed by atoms with Crippen LogP contribution in [0, 0.1) is 0 Å². The van der Waals surface area contributed by atoms with Gasteiger partial charge in [0, 0.05) is 12.2 Å². The second kappa shape index (κ2) is 10.4. The fourth-order valence-electron chi connectivity index (χ4n) is 1.44. The zero-order valence-electron chi connectivity index (χ0n) is 12.4. The van der Waals surface area contributed by atoms with Gasteiger partial charge in [0.15, 0.2) is 0 Å². The SMILES string of the molecule is CC(CS)(COCNCC(=O)O)NC(=O)CCC(N)C(=O)O. The number of carbonyl (C=O) groups excluding carboxylic acids is 1. The largest absolute Gasteiger partial charge is 0.480 e. The molecule has 0 bridgehead atoms. The summed E-state index contributed by atoms with van der Waals surface area (Å²) in [5, 5.41) is 22.3. The Morgan fingerprint density at radius 3 is 2.50 bits per heavy atom. The summed E-state index contributed by atoms with van der Waals surface area (Å²) in [4.78, 5) is 32.6. The van der Waals surface area contributed by atoms with Gasteiger partial charge in [0.2, 0.25) is 5.91 Å². The van der Waals surface area contributed by atoms with E-state index in [0.29, 0.717) is 5.75 Å². The van der Waals surface area contributed by atoms with E-state index < -0.39 is 23.5 Å². The number of hydrogen-bond donors (Lipinski definition) is 6. The van der Waals surface area contributed by atoms with Gasteiger partial charge < -0.3 is 26.0 Å². The lowest BCUT2D eigenvalue weighted by Crippen LogP contribution is -2.52. The first-order valence-corrected chi connectivity index (χ1v) is 7.24. The second-order valence-corrected chi connectivity index (χ2v) is 5.38. The van der Waals surface area contributed by atoms with Crippen molar-refractivity contribution >= 4 is 30.5 Å². The molecule has 0 saturated heterocycles. The van der Waals surface area contributed by atoms with Crippen LogP contribution in [0.15, 0.2) is 0 Å². The average Bonchev–Trinajstić information content (AvgIpc) is 2.43. The van der Waals surface area contributed by atoms with Gasteiger partial charge in [0.25, 0.3) is 0 Å². The minimum atomic E-state index is -1.16. The van der Waals surface area contributed by atoms with Crippen molar-refractivity contribution in [3.8, 4) is 0 Å². The third-order valence-corrected chi connectivity index (χ3v) is 3.39. The van der Waals surface area contributed by atoms with Crippen LogP contribution in [0.2, 0.25) is 0 Å². The molecular formula is C12H23N3O6S. The van der Waals surface area contributed by atoms with Gasteiger partial charge in [-0.25, -0.2) is 0 Å². The van der Waals surface area contributed by atoms with E-state index in [0.717, 1.165) is 0 Å². The molecule has 0 aliphatic carbocycles. The molecule has 1 amide bonds. The topological polar surface area (TPSA) is 151 Å². The lowest BCUT2D eigenvalue weighted by molar-refractivity contribution is -0.139. The highest BCUT2D eigenvalue weighted by Crippen LogP contribution is 2.08. The van der Waals surface area contributed by atoms with Crippen LogP contribution < -0.4 is 16.4 Å². The number of amides is 1. The fraction of sp³-hybridized carbons (Fsp3) is 0.750. The molecule has 0 saturated carbocycles. The highest BCUT2D eigenvalue weighted by atomic mass is 32.1. The Hall–Kier alpha value is -1.36. The normalized spacial score (nSPS) is 14.9. The van der Waals surface area contributed by atoms with Crippen LogP contribution in [0.25, 0.3) is 0 Å². The maximum absolute atomic E-state index is 11.8. The maximum Gasteiger partial charge on any atom is 0.320 e. The maximum atomic E-state index is 11.8. The molecule has 9 nitrogen and oxygen atoms in total. The number of ether oxygens (including phenoxy) is 1. The third kappa shape index (κ3) is 9.55. The number of carbonyl (C=O) groups is 3. The molecule has 0 rings (SSSR count). The van der Waals surface area contributed by atoms with Crippen LogP contribution in [-0.2, 0) is 19.1 Å². The number of rotatable bonds is 12. The molecular weight excluding hydrogens is 314 g/mol. The van der Waals surface area contributed by atoms with Gasteiger partial charge in [-0.2, -0.15) is 12.6 Å². The number of aliphatic carboxylic acids is 2. The Morgan fingerprint density at radius 2 is 2.00 bits per heavy atom. The molecule has 2 unspecified atom stereocenters. The molecule has 0 aliphatic rings. The number of nitrogens with one attached hydrogen (secondary N) is 2. The summed E-state index contributed by atoms with van der Waals surface area (Å²) in [6, 6.07) is -1.08. The van der Waals surface area contributed by atoms with Crippen molar-refractivity contribution < 1.29 is 29.3 Å². The van der Waals surface area contributed by atoms with Gasteiger partial charge in [-0.3, -0.25) is 19.7 Å². The van der Waals surface area contributed by atoms with Gasteiger partial charge in [-0.15, -0.1) is 0 Å². The van der Waals surface area contributed by atoms with Crippen LogP contribution >= 0.6 is 12.6 Å². The van der Waals surface area contributed by atoms with Crippen LogP contribution in [0.4, 0.5) is 0 Å². The summed E-state index contributed by atoms with van der Waals surface area (Å²) >= 11 is 4.15. The number of carboxylic acids is 2. The Balaban J connectivity index is 4.11. The molecule has 2 atom stereocenters. The van der Waals surface area contributed by atoms with Crippen LogP contribution in [0.5, 0.6) is 0 Å². The van der Waals surface area contributed by atoms with E-state index in [1.54, 1.807) is 6.92 Å². The van der Waals surface area contributed by atoms with Crippen LogP contribution in [0.3, 0.4) is 0 Å². The molecule has 0 fully saturated rings. The zero-order chi connectivity index (χ0) is 17.2. The van der Waals surface area contributed by atoms with E-state index in [4.69, 9.17) is 20.7 Å². The molecule has 0 aromatic heterocycles. The molecule has 128 valence electrons. The first-order chi connectivity index (χ1) is 10.2. The van der Waals surface area contributed by atoms with Crippen molar-refractivity contribution in [3.05, 3.63) is 0 Å². The summed E-state index contributed by atoms with van der Waals surface area (Å²) < 4.78 is 5.25. The van der Waals surface area contributed by atoms with Gasteiger partial charge >= 0.3 is 11.9 Å². The Morgan fingerprint density at radius 1 is 1.36 bits per heavy atom. The van der Waals surface area contributed by atoms with Crippen molar-refractivity contribution in [2.45, 2.75) is 31.3 Å². The van der Waals surface area contributed by atoms with E-state index in [2.05, 4.69) is 23.3 Å². The van der Waals surface area contributed by atoms with Crippen molar-refractivity contribution in [1.29, 1.82) is 0 Å². The predicted molar refractivity (Wildman–Crippen MR) is 81.7 cm³/mol.